The third-order valence-electron chi connectivity index (χ3n) is 16.2. The van der Waals surface area contributed by atoms with Crippen LogP contribution in [0.25, 0.3) is 0 Å². The van der Waals surface area contributed by atoms with Crippen molar-refractivity contribution in [2.24, 2.45) is 0 Å². The average molecular weight is 1100 g/mol. The van der Waals surface area contributed by atoms with Gasteiger partial charge < -0.3 is 14.2 Å². The highest BCUT2D eigenvalue weighted by atomic mass is 16.6. The van der Waals surface area contributed by atoms with Crippen LogP contribution in [-0.4, -0.2) is 37.2 Å². The summed E-state index contributed by atoms with van der Waals surface area (Å²) in [6.07, 6.45) is 82.1. The SMILES string of the molecule is CCCCCCC/C=C\CCCCCCCC(=O)OCC(COC(=O)CCCCCCCCCCCCCCCCCCCCCCCCCCCCCC)OC(=O)CCCCCCCCC/C=C\CCCCCCCCC. The monoisotopic (exact) mass is 1100 g/mol. The summed E-state index contributed by atoms with van der Waals surface area (Å²) in [4.78, 5) is 38.4. The Morgan fingerprint density at radius 3 is 0.641 bits per heavy atom. The number of hydrogen-bond donors (Lipinski definition) is 0. The van der Waals surface area contributed by atoms with E-state index in [1.54, 1.807) is 0 Å². The van der Waals surface area contributed by atoms with E-state index in [0.29, 0.717) is 19.3 Å². The summed E-state index contributed by atoms with van der Waals surface area (Å²) in [5.74, 6) is -0.854. The van der Waals surface area contributed by atoms with Gasteiger partial charge in [0.1, 0.15) is 13.2 Å². The number of unbranched alkanes of at least 4 members (excludes halogenated alkanes) is 51. The fraction of sp³-hybridized carbons (Fsp3) is 0.903. The summed E-state index contributed by atoms with van der Waals surface area (Å²) in [7, 11) is 0. The van der Waals surface area contributed by atoms with Crippen LogP contribution in [0, 0.1) is 0 Å². The number of ether oxygens (including phenoxy) is 3. The molecule has 1 unspecified atom stereocenters. The van der Waals surface area contributed by atoms with Gasteiger partial charge in [-0.3, -0.25) is 14.4 Å². The van der Waals surface area contributed by atoms with E-state index in [2.05, 4.69) is 45.1 Å². The van der Waals surface area contributed by atoms with Gasteiger partial charge in [0.15, 0.2) is 6.10 Å². The normalized spacial score (nSPS) is 12.1. The quantitative estimate of drug-likeness (QED) is 0.0261. The third-order valence-corrected chi connectivity index (χ3v) is 16.2. The predicted octanol–water partition coefficient (Wildman–Crippen LogP) is 24.2. The Morgan fingerprint density at radius 2 is 0.423 bits per heavy atom. The molecule has 6 nitrogen and oxygen atoms in total. The Kier molecular flexibility index (Phi) is 65.6. The molecule has 1 atom stereocenters. The van der Waals surface area contributed by atoms with Gasteiger partial charge in [-0.2, -0.15) is 0 Å². The second-order valence-electron chi connectivity index (χ2n) is 24.1. The Morgan fingerprint density at radius 1 is 0.244 bits per heavy atom. The van der Waals surface area contributed by atoms with E-state index in [9.17, 15) is 14.4 Å². The lowest BCUT2D eigenvalue weighted by atomic mass is 10.0. The third kappa shape index (κ3) is 64.7. The van der Waals surface area contributed by atoms with Crippen molar-refractivity contribution in [2.45, 2.75) is 406 Å². The first-order valence-electron chi connectivity index (χ1n) is 35.3. The van der Waals surface area contributed by atoms with Crippen molar-refractivity contribution < 1.29 is 28.6 Å². The van der Waals surface area contributed by atoms with Crippen molar-refractivity contribution in [1.29, 1.82) is 0 Å². The molecule has 0 spiro atoms. The van der Waals surface area contributed by atoms with Gasteiger partial charge in [-0.1, -0.05) is 334 Å². The van der Waals surface area contributed by atoms with E-state index in [0.717, 1.165) is 64.2 Å². The topological polar surface area (TPSA) is 78.9 Å². The summed E-state index contributed by atoms with van der Waals surface area (Å²) in [5.41, 5.74) is 0. The Hall–Kier alpha value is -2.11. The highest BCUT2D eigenvalue weighted by Gasteiger charge is 2.19. The molecule has 0 aliphatic carbocycles. The van der Waals surface area contributed by atoms with E-state index in [-0.39, 0.29) is 31.1 Å². The summed E-state index contributed by atoms with van der Waals surface area (Å²) in [6.45, 7) is 6.70. The fourth-order valence-electron chi connectivity index (χ4n) is 10.8. The maximum atomic E-state index is 12.9. The minimum Gasteiger partial charge on any atom is -0.462 e. The molecule has 0 amide bonds. The Balaban J connectivity index is 4.19. The standard InChI is InChI=1S/C72H136O6/c1-4-7-10-13-16-19-22-25-28-30-32-33-34-35-36-37-38-39-40-41-43-44-47-50-53-56-59-62-65-71(74)77-68-69(67-76-70(73)64-61-58-55-52-49-46-27-24-21-18-15-12-9-6-3)78-72(75)66-63-60-57-54-51-48-45-42-31-29-26-23-20-17-14-11-8-5-2/h24,27,29,31,69H,4-23,25-26,28,30,32-68H2,1-3H3/b27-24-,31-29-. The minimum atomic E-state index is -0.775. The van der Waals surface area contributed by atoms with Crippen molar-refractivity contribution in [3.8, 4) is 0 Å². The molecule has 0 bridgehead atoms. The van der Waals surface area contributed by atoms with Crippen LogP contribution in [0.15, 0.2) is 24.3 Å². The number of rotatable bonds is 66. The first kappa shape index (κ1) is 75.9. The van der Waals surface area contributed by atoms with Gasteiger partial charge in [-0.25, -0.2) is 0 Å². The first-order valence-corrected chi connectivity index (χ1v) is 35.3. The largest absolute Gasteiger partial charge is 0.462 e. The Labute approximate surface area is 487 Å². The highest BCUT2D eigenvalue weighted by molar-refractivity contribution is 5.71. The van der Waals surface area contributed by atoms with Crippen LogP contribution in [0.1, 0.15) is 400 Å². The lowest BCUT2D eigenvalue weighted by Gasteiger charge is -2.18. The smallest absolute Gasteiger partial charge is 0.306 e. The van der Waals surface area contributed by atoms with E-state index < -0.39 is 6.10 Å². The van der Waals surface area contributed by atoms with E-state index in [1.807, 2.05) is 0 Å². The number of hydrogen-bond acceptors (Lipinski definition) is 6. The van der Waals surface area contributed by atoms with Gasteiger partial charge in [-0.15, -0.1) is 0 Å². The lowest BCUT2D eigenvalue weighted by molar-refractivity contribution is -0.167. The van der Waals surface area contributed by atoms with Crippen LogP contribution in [0.2, 0.25) is 0 Å². The summed E-state index contributed by atoms with van der Waals surface area (Å²) in [5, 5.41) is 0. The van der Waals surface area contributed by atoms with Gasteiger partial charge in [0.2, 0.25) is 0 Å². The molecule has 0 radical (unpaired) electrons. The van der Waals surface area contributed by atoms with Crippen LogP contribution in [0.3, 0.4) is 0 Å². The predicted molar refractivity (Wildman–Crippen MR) is 340 cm³/mol. The lowest BCUT2D eigenvalue weighted by Crippen LogP contribution is -2.30. The van der Waals surface area contributed by atoms with Crippen LogP contribution >= 0.6 is 0 Å². The summed E-state index contributed by atoms with van der Waals surface area (Å²) in [6, 6.07) is 0. The van der Waals surface area contributed by atoms with Gasteiger partial charge in [0.25, 0.3) is 0 Å². The van der Waals surface area contributed by atoms with Crippen LogP contribution < -0.4 is 0 Å². The molecule has 0 saturated heterocycles. The number of carbonyl (C=O) groups excluding carboxylic acids is 3. The molecule has 0 aliphatic rings. The molecule has 78 heavy (non-hydrogen) atoms. The fourth-order valence-corrected chi connectivity index (χ4v) is 10.8. The molecule has 0 saturated carbocycles. The number of allylic oxidation sites excluding steroid dienone is 4. The van der Waals surface area contributed by atoms with Gasteiger partial charge in [-0.05, 0) is 70.6 Å². The van der Waals surface area contributed by atoms with Gasteiger partial charge in [0.05, 0.1) is 0 Å². The molecular formula is C72H136O6. The molecule has 0 aliphatic heterocycles. The zero-order valence-electron chi connectivity index (χ0n) is 53.0. The molecule has 460 valence electrons. The van der Waals surface area contributed by atoms with Crippen LogP contribution in [0.4, 0.5) is 0 Å². The van der Waals surface area contributed by atoms with E-state index in [4.69, 9.17) is 14.2 Å². The number of esters is 3. The van der Waals surface area contributed by atoms with Gasteiger partial charge >= 0.3 is 17.9 Å². The molecule has 0 rings (SSSR count). The zero-order valence-corrected chi connectivity index (χ0v) is 53.0. The second kappa shape index (κ2) is 67.4. The first-order chi connectivity index (χ1) is 38.5. The summed E-state index contributed by atoms with van der Waals surface area (Å²) >= 11 is 0. The number of carbonyl (C=O) groups is 3. The molecular weight excluding hydrogens is 961 g/mol. The molecule has 0 heterocycles. The average Bonchev–Trinajstić information content (AvgIpc) is 3.44. The van der Waals surface area contributed by atoms with Crippen LogP contribution in [0.5, 0.6) is 0 Å². The minimum absolute atomic E-state index is 0.0704. The van der Waals surface area contributed by atoms with Crippen molar-refractivity contribution >= 4 is 17.9 Å². The van der Waals surface area contributed by atoms with E-state index >= 15 is 0 Å². The molecule has 0 aromatic heterocycles. The zero-order chi connectivity index (χ0) is 56.4. The van der Waals surface area contributed by atoms with Crippen molar-refractivity contribution in [3.05, 3.63) is 24.3 Å². The van der Waals surface area contributed by atoms with Crippen molar-refractivity contribution in [2.75, 3.05) is 13.2 Å². The van der Waals surface area contributed by atoms with Crippen molar-refractivity contribution in [1.82, 2.24) is 0 Å². The van der Waals surface area contributed by atoms with Crippen LogP contribution in [-0.2, 0) is 28.6 Å². The molecule has 0 N–H and O–H groups in total. The molecule has 0 aromatic carbocycles. The maximum Gasteiger partial charge on any atom is 0.306 e. The molecule has 0 aromatic rings. The molecule has 6 heteroatoms. The Bertz CT molecular complexity index is 1260. The second-order valence-corrected chi connectivity index (χ2v) is 24.1. The maximum absolute atomic E-state index is 12.9. The molecule has 0 fully saturated rings. The summed E-state index contributed by atoms with van der Waals surface area (Å²) < 4.78 is 17.0. The van der Waals surface area contributed by atoms with Crippen molar-refractivity contribution in [3.63, 3.8) is 0 Å². The van der Waals surface area contributed by atoms with Gasteiger partial charge in [0, 0.05) is 19.3 Å². The van der Waals surface area contributed by atoms with E-state index in [1.165, 1.54) is 295 Å². The highest BCUT2D eigenvalue weighted by Crippen LogP contribution is 2.19.